The smallest absolute Gasteiger partial charge is 0.318 e. The molecule has 1 unspecified atom stereocenters. The third-order valence-electron chi connectivity index (χ3n) is 3.31. The highest BCUT2D eigenvalue weighted by atomic mass is 35.5. The second-order valence-electron chi connectivity index (χ2n) is 4.70. The summed E-state index contributed by atoms with van der Waals surface area (Å²) < 4.78 is 0. The number of hydrogen-bond donors (Lipinski definition) is 3. The van der Waals surface area contributed by atoms with Gasteiger partial charge in [-0.25, -0.2) is 4.79 Å². The lowest BCUT2D eigenvalue weighted by Gasteiger charge is -2.36. The molecule has 3 amide bonds. The second-order valence-corrected chi connectivity index (χ2v) is 4.70. The van der Waals surface area contributed by atoms with Gasteiger partial charge in [0, 0.05) is 51.0 Å². The van der Waals surface area contributed by atoms with E-state index in [4.69, 9.17) is 5.73 Å². The first kappa shape index (κ1) is 17.4. The fraction of sp³-hybridized carbons (Fsp3) is 0.462. The molecule has 1 aromatic heterocycles. The lowest BCUT2D eigenvalue weighted by molar-refractivity contribution is -0.120. The van der Waals surface area contributed by atoms with E-state index in [0.29, 0.717) is 6.54 Å². The molecule has 0 bridgehead atoms. The molecular formula is C13H20ClN5O2. The monoisotopic (exact) mass is 313 g/mol. The molecule has 2 rings (SSSR count). The number of imide groups is 1. The van der Waals surface area contributed by atoms with E-state index in [1.165, 1.54) is 0 Å². The van der Waals surface area contributed by atoms with Gasteiger partial charge in [0.15, 0.2) is 0 Å². The number of piperazine rings is 1. The maximum atomic E-state index is 11.5. The van der Waals surface area contributed by atoms with Crippen LogP contribution in [-0.2, 0) is 4.79 Å². The van der Waals surface area contributed by atoms with Gasteiger partial charge in [0.05, 0.1) is 0 Å². The fourth-order valence-electron chi connectivity index (χ4n) is 2.36. The normalized spacial score (nSPS) is 18.6. The largest absolute Gasteiger partial charge is 0.351 e. The number of carbonyl (C=O) groups excluding carboxylic acids is 2. The van der Waals surface area contributed by atoms with Crippen molar-refractivity contribution in [2.45, 2.75) is 12.5 Å². The number of halogens is 1. The Morgan fingerprint density at radius 2 is 2.33 bits per heavy atom. The van der Waals surface area contributed by atoms with Crippen molar-refractivity contribution in [1.29, 1.82) is 0 Å². The highest BCUT2D eigenvalue weighted by Crippen LogP contribution is 2.21. The summed E-state index contributed by atoms with van der Waals surface area (Å²) in [4.78, 5) is 28.4. The third-order valence-corrected chi connectivity index (χ3v) is 3.31. The molecule has 0 aliphatic carbocycles. The van der Waals surface area contributed by atoms with Crippen LogP contribution < -0.4 is 16.4 Å². The van der Waals surface area contributed by atoms with Crippen molar-refractivity contribution in [3.63, 3.8) is 0 Å². The van der Waals surface area contributed by atoms with Crippen molar-refractivity contribution >= 4 is 24.3 Å². The number of carbonyl (C=O) groups is 2. The second kappa shape index (κ2) is 8.56. The molecule has 21 heavy (non-hydrogen) atoms. The number of rotatable bonds is 4. The van der Waals surface area contributed by atoms with Crippen LogP contribution in [0.5, 0.6) is 0 Å². The van der Waals surface area contributed by atoms with Crippen molar-refractivity contribution in [2.75, 3.05) is 26.2 Å². The summed E-state index contributed by atoms with van der Waals surface area (Å²) in [6, 6.07) is 3.32. The van der Waals surface area contributed by atoms with Crippen molar-refractivity contribution < 1.29 is 9.59 Å². The molecule has 0 aromatic carbocycles. The molecule has 2 heterocycles. The van der Waals surface area contributed by atoms with E-state index >= 15 is 0 Å². The summed E-state index contributed by atoms with van der Waals surface area (Å²) in [5.74, 6) is -0.346. The zero-order valence-electron chi connectivity index (χ0n) is 11.6. The number of amides is 3. The molecule has 116 valence electrons. The zero-order chi connectivity index (χ0) is 14.4. The van der Waals surface area contributed by atoms with E-state index < -0.39 is 6.03 Å². The lowest BCUT2D eigenvalue weighted by atomic mass is 10.1. The highest BCUT2D eigenvalue weighted by Gasteiger charge is 2.24. The number of hydrogen-bond acceptors (Lipinski definition) is 5. The van der Waals surface area contributed by atoms with Gasteiger partial charge in [-0.05, 0) is 11.6 Å². The quantitative estimate of drug-likeness (QED) is 0.728. The predicted octanol–water partition coefficient (Wildman–Crippen LogP) is 0.0347. The average Bonchev–Trinajstić information content (AvgIpc) is 2.46. The Balaban J connectivity index is 0.00000220. The van der Waals surface area contributed by atoms with E-state index in [1.807, 2.05) is 18.3 Å². The zero-order valence-corrected chi connectivity index (χ0v) is 12.4. The van der Waals surface area contributed by atoms with Gasteiger partial charge in [0.1, 0.15) is 0 Å². The van der Waals surface area contributed by atoms with Crippen molar-refractivity contribution in [3.05, 3.63) is 30.1 Å². The number of nitrogens with two attached hydrogens (primary N) is 1. The minimum Gasteiger partial charge on any atom is -0.351 e. The Morgan fingerprint density at radius 1 is 1.52 bits per heavy atom. The number of nitrogens with zero attached hydrogens (tertiary/aromatic N) is 2. The number of pyridine rings is 1. The Bertz CT molecular complexity index is 471. The van der Waals surface area contributed by atoms with Crippen LogP contribution in [0.1, 0.15) is 18.0 Å². The molecule has 1 atom stereocenters. The molecule has 1 fully saturated rings. The Labute approximate surface area is 129 Å². The van der Waals surface area contributed by atoms with Crippen LogP contribution in [0.4, 0.5) is 4.79 Å². The number of urea groups is 1. The van der Waals surface area contributed by atoms with E-state index in [9.17, 15) is 9.59 Å². The Morgan fingerprint density at radius 3 is 3.00 bits per heavy atom. The van der Waals surface area contributed by atoms with Crippen LogP contribution in [0.15, 0.2) is 24.5 Å². The summed E-state index contributed by atoms with van der Waals surface area (Å²) in [6.45, 7) is 3.14. The van der Waals surface area contributed by atoms with Crippen LogP contribution in [-0.4, -0.2) is 48.0 Å². The molecule has 1 aromatic rings. The van der Waals surface area contributed by atoms with E-state index in [2.05, 4.69) is 20.5 Å². The maximum Gasteiger partial charge on any atom is 0.318 e. The molecule has 8 heteroatoms. The first-order valence-electron chi connectivity index (χ1n) is 6.61. The maximum absolute atomic E-state index is 11.5. The van der Waals surface area contributed by atoms with Crippen molar-refractivity contribution in [1.82, 2.24) is 20.5 Å². The van der Waals surface area contributed by atoms with Gasteiger partial charge in [-0.1, -0.05) is 6.07 Å². The van der Waals surface area contributed by atoms with Gasteiger partial charge < -0.3 is 11.1 Å². The molecule has 1 saturated heterocycles. The first-order chi connectivity index (χ1) is 9.66. The molecule has 4 N–H and O–H groups in total. The first-order valence-corrected chi connectivity index (χ1v) is 6.61. The van der Waals surface area contributed by atoms with Crippen LogP contribution in [0, 0.1) is 0 Å². The predicted molar refractivity (Wildman–Crippen MR) is 81.0 cm³/mol. The molecule has 0 saturated carbocycles. The summed E-state index contributed by atoms with van der Waals surface area (Å²) >= 11 is 0. The minimum atomic E-state index is -0.806. The summed E-state index contributed by atoms with van der Waals surface area (Å²) in [5, 5.41) is 5.42. The molecule has 1 aliphatic heterocycles. The number of primary amides is 1. The Kier molecular flexibility index (Phi) is 7.07. The molecule has 7 nitrogen and oxygen atoms in total. The SMILES string of the molecule is Cl.NC(=O)NC(=O)CCN1CCNCC1c1cccnc1. The standard InChI is InChI=1S/C13H19N5O2.ClH/c14-13(20)17-12(19)3-6-18-7-5-16-9-11(18)10-2-1-4-15-8-10;/h1-2,4,8,11,16H,3,5-7,9H2,(H3,14,17,19,20);1H. The van der Waals surface area contributed by atoms with Gasteiger partial charge >= 0.3 is 6.03 Å². The number of aromatic nitrogens is 1. The lowest BCUT2D eigenvalue weighted by Crippen LogP contribution is -2.47. The third kappa shape index (κ3) is 5.30. The van der Waals surface area contributed by atoms with Gasteiger partial charge in [-0.3, -0.25) is 20.0 Å². The van der Waals surface area contributed by atoms with Crippen LogP contribution in [0.25, 0.3) is 0 Å². The van der Waals surface area contributed by atoms with E-state index in [-0.39, 0.29) is 30.8 Å². The summed E-state index contributed by atoms with van der Waals surface area (Å²) in [7, 11) is 0. The Hall–Kier alpha value is -1.70. The highest BCUT2D eigenvalue weighted by molar-refractivity contribution is 5.93. The van der Waals surface area contributed by atoms with E-state index in [0.717, 1.165) is 25.2 Å². The number of nitrogens with one attached hydrogen (secondary N) is 2. The van der Waals surface area contributed by atoms with E-state index in [1.54, 1.807) is 6.20 Å². The van der Waals surface area contributed by atoms with Crippen LogP contribution >= 0.6 is 12.4 Å². The van der Waals surface area contributed by atoms with Gasteiger partial charge in [0.2, 0.25) is 5.91 Å². The average molecular weight is 314 g/mol. The van der Waals surface area contributed by atoms with Gasteiger partial charge in [0.25, 0.3) is 0 Å². The molecular weight excluding hydrogens is 294 g/mol. The van der Waals surface area contributed by atoms with Crippen LogP contribution in [0.2, 0.25) is 0 Å². The van der Waals surface area contributed by atoms with Gasteiger partial charge in [-0.15, -0.1) is 12.4 Å². The van der Waals surface area contributed by atoms with Crippen molar-refractivity contribution in [3.8, 4) is 0 Å². The molecule has 0 spiro atoms. The fourth-order valence-corrected chi connectivity index (χ4v) is 2.36. The molecule has 0 radical (unpaired) electrons. The van der Waals surface area contributed by atoms with Gasteiger partial charge in [-0.2, -0.15) is 0 Å². The molecule has 1 aliphatic rings. The summed E-state index contributed by atoms with van der Waals surface area (Å²) in [5.41, 5.74) is 6.04. The minimum absolute atomic E-state index is 0. The van der Waals surface area contributed by atoms with Crippen molar-refractivity contribution in [2.24, 2.45) is 5.73 Å². The van der Waals surface area contributed by atoms with Crippen LogP contribution in [0.3, 0.4) is 0 Å². The topological polar surface area (TPSA) is 100 Å². The summed E-state index contributed by atoms with van der Waals surface area (Å²) in [6.07, 6.45) is 3.83.